The molecule has 0 aromatic carbocycles. The zero-order valence-corrected chi connectivity index (χ0v) is 12.2. The van der Waals surface area contributed by atoms with Gasteiger partial charge in [-0.1, -0.05) is 18.5 Å². The normalized spacial score (nSPS) is 23.1. The summed E-state index contributed by atoms with van der Waals surface area (Å²) in [6.45, 7) is 2.26. The van der Waals surface area contributed by atoms with Crippen LogP contribution in [0.3, 0.4) is 0 Å². The van der Waals surface area contributed by atoms with E-state index in [1.807, 2.05) is 7.05 Å². The standard InChI is InChI=1S/C14H20ClN3O/c1-9-3-5-10(6-4-9)18(2)14(19)11-7-13(15)17-8-12(11)16/h7-10H,3-6,16H2,1-2H3. The minimum atomic E-state index is -0.0682. The molecule has 2 N–H and O–H groups in total. The van der Waals surface area contributed by atoms with E-state index < -0.39 is 0 Å². The molecule has 4 nitrogen and oxygen atoms in total. The van der Waals surface area contributed by atoms with Crippen molar-refractivity contribution in [2.45, 2.75) is 38.6 Å². The molecule has 1 aromatic heterocycles. The monoisotopic (exact) mass is 281 g/mol. The van der Waals surface area contributed by atoms with Crippen molar-refractivity contribution in [1.82, 2.24) is 9.88 Å². The highest BCUT2D eigenvalue weighted by Crippen LogP contribution is 2.28. The molecule has 1 amide bonds. The number of pyridine rings is 1. The van der Waals surface area contributed by atoms with E-state index in [-0.39, 0.29) is 5.91 Å². The van der Waals surface area contributed by atoms with Gasteiger partial charge in [-0.15, -0.1) is 0 Å². The number of anilines is 1. The van der Waals surface area contributed by atoms with Crippen LogP contribution in [0, 0.1) is 5.92 Å². The van der Waals surface area contributed by atoms with Gasteiger partial charge in [-0.05, 0) is 37.7 Å². The Hall–Kier alpha value is -1.29. The Morgan fingerprint density at radius 1 is 1.42 bits per heavy atom. The highest BCUT2D eigenvalue weighted by atomic mass is 35.5. The third kappa shape index (κ3) is 3.18. The molecular weight excluding hydrogens is 262 g/mol. The highest BCUT2D eigenvalue weighted by molar-refractivity contribution is 6.29. The van der Waals surface area contributed by atoms with Gasteiger partial charge in [0.1, 0.15) is 5.15 Å². The molecule has 0 unspecified atom stereocenters. The lowest BCUT2D eigenvalue weighted by Gasteiger charge is -2.33. The number of nitrogen functional groups attached to an aromatic ring is 1. The molecule has 1 fully saturated rings. The minimum Gasteiger partial charge on any atom is -0.397 e. The maximum Gasteiger partial charge on any atom is 0.256 e. The molecule has 104 valence electrons. The van der Waals surface area contributed by atoms with Gasteiger partial charge < -0.3 is 10.6 Å². The summed E-state index contributed by atoms with van der Waals surface area (Å²) in [5.74, 6) is 0.696. The van der Waals surface area contributed by atoms with Crippen LogP contribution in [0.25, 0.3) is 0 Å². The van der Waals surface area contributed by atoms with Gasteiger partial charge in [0, 0.05) is 13.1 Å². The zero-order chi connectivity index (χ0) is 14.0. The lowest BCUT2D eigenvalue weighted by molar-refractivity contribution is 0.0680. The van der Waals surface area contributed by atoms with Crippen LogP contribution >= 0.6 is 11.6 Å². The fraction of sp³-hybridized carbons (Fsp3) is 0.571. The second-order valence-corrected chi connectivity index (χ2v) is 5.81. The summed E-state index contributed by atoms with van der Waals surface area (Å²) >= 11 is 5.83. The lowest BCUT2D eigenvalue weighted by Crippen LogP contribution is -2.39. The van der Waals surface area contributed by atoms with E-state index in [1.165, 1.54) is 19.0 Å². The summed E-state index contributed by atoms with van der Waals surface area (Å²) in [6.07, 6.45) is 5.90. The summed E-state index contributed by atoms with van der Waals surface area (Å²) in [7, 11) is 1.84. The average Bonchev–Trinajstić information content (AvgIpc) is 2.41. The van der Waals surface area contributed by atoms with Gasteiger partial charge in [0.25, 0.3) is 5.91 Å². The van der Waals surface area contributed by atoms with Crippen LogP contribution in [-0.2, 0) is 0 Å². The van der Waals surface area contributed by atoms with Crippen molar-refractivity contribution in [2.24, 2.45) is 5.92 Å². The van der Waals surface area contributed by atoms with Crippen molar-refractivity contribution in [1.29, 1.82) is 0 Å². The summed E-state index contributed by atoms with van der Waals surface area (Å²) in [4.78, 5) is 18.1. The van der Waals surface area contributed by atoms with Gasteiger partial charge in [-0.2, -0.15) is 0 Å². The van der Waals surface area contributed by atoms with Crippen molar-refractivity contribution in [3.63, 3.8) is 0 Å². The van der Waals surface area contributed by atoms with E-state index in [0.717, 1.165) is 18.8 Å². The van der Waals surface area contributed by atoms with E-state index in [9.17, 15) is 4.79 Å². The average molecular weight is 282 g/mol. The first-order chi connectivity index (χ1) is 8.99. The van der Waals surface area contributed by atoms with Crippen LogP contribution in [0.5, 0.6) is 0 Å². The second kappa shape index (κ2) is 5.78. The third-order valence-corrected chi connectivity index (χ3v) is 4.19. The SMILES string of the molecule is CC1CCC(N(C)C(=O)c2cc(Cl)ncc2N)CC1. The first-order valence-electron chi connectivity index (χ1n) is 6.67. The van der Waals surface area contributed by atoms with Crippen molar-refractivity contribution < 1.29 is 4.79 Å². The van der Waals surface area contributed by atoms with Crippen molar-refractivity contribution in [3.05, 3.63) is 23.0 Å². The number of carbonyl (C=O) groups is 1. The summed E-state index contributed by atoms with van der Waals surface area (Å²) in [6, 6.07) is 1.84. The van der Waals surface area contributed by atoms with Gasteiger partial charge in [0.05, 0.1) is 17.4 Å². The molecule has 0 spiro atoms. The molecule has 1 aromatic rings. The largest absolute Gasteiger partial charge is 0.397 e. The number of amides is 1. The minimum absolute atomic E-state index is 0.0682. The van der Waals surface area contributed by atoms with Gasteiger partial charge in [0.2, 0.25) is 0 Å². The van der Waals surface area contributed by atoms with Crippen LogP contribution in [-0.4, -0.2) is 28.9 Å². The number of hydrogen-bond donors (Lipinski definition) is 1. The second-order valence-electron chi connectivity index (χ2n) is 5.42. The Morgan fingerprint density at radius 2 is 2.05 bits per heavy atom. The predicted octanol–water partition coefficient (Wildman–Crippen LogP) is 2.97. The van der Waals surface area contributed by atoms with E-state index >= 15 is 0 Å². The Morgan fingerprint density at radius 3 is 2.68 bits per heavy atom. The fourth-order valence-electron chi connectivity index (χ4n) is 2.61. The van der Waals surface area contributed by atoms with Gasteiger partial charge in [-0.3, -0.25) is 4.79 Å². The molecule has 5 heteroatoms. The van der Waals surface area contributed by atoms with Crippen LogP contribution in [0.2, 0.25) is 5.15 Å². The van der Waals surface area contributed by atoms with Crippen LogP contribution in [0.1, 0.15) is 43.0 Å². The van der Waals surface area contributed by atoms with Gasteiger partial charge >= 0.3 is 0 Å². The number of halogens is 1. The summed E-state index contributed by atoms with van der Waals surface area (Å²) in [5, 5.41) is 0.295. The molecule has 1 aliphatic rings. The van der Waals surface area contributed by atoms with E-state index in [2.05, 4.69) is 11.9 Å². The molecular formula is C14H20ClN3O. The molecule has 19 heavy (non-hydrogen) atoms. The number of nitrogens with two attached hydrogens (primary N) is 1. The Bertz CT molecular complexity index is 470. The number of rotatable bonds is 2. The quantitative estimate of drug-likeness (QED) is 0.848. The van der Waals surface area contributed by atoms with Gasteiger partial charge in [0.15, 0.2) is 0 Å². The first-order valence-corrected chi connectivity index (χ1v) is 7.05. The van der Waals surface area contributed by atoms with E-state index in [4.69, 9.17) is 17.3 Å². The molecule has 1 heterocycles. The van der Waals surface area contributed by atoms with Crippen LogP contribution < -0.4 is 5.73 Å². The summed E-state index contributed by atoms with van der Waals surface area (Å²) in [5.41, 5.74) is 6.64. The molecule has 1 saturated carbocycles. The van der Waals surface area contributed by atoms with Crippen molar-refractivity contribution in [2.75, 3.05) is 12.8 Å². The molecule has 2 rings (SSSR count). The molecule has 0 radical (unpaired) electrons. The van der Waals surface area contributed by atoms with Crippen molar-refractivity contribution >= 4 is 23.2 Å². The topological polar surface area (TPSA) is 59.2 Å². The van der Waals surface area contributed by atoms with E-state index in [1.54, 1.807) is 11.0 Å². The smallest absolute Gasteiger partial charge is 0.256 e. The molecule has 0 atom stereocenters. The zero-order valence-electron chi connectivity index (χ0n) is 11.4. The molecule has 0 bridgehead atoms. The number of aromatic nitrogens is 1. The van der Waals surface area contributed by atoms with E-state index in [0.29, 0.717) is 22.4 Å². The van der Waals surface area contributed by atoms with Crippen LogP contribution in [0.4, 0.5) is 5.69 Å². The number of hydrogen-bond acceptors (Lipinski definition) is 3. The number of nitrogens with zero attached hydrogens (tertiary/aromatic N) is 2. The lowest BCUT2D eigenvalue weighted by atomic mass is 9.86. The molecule has 0 saturated heterocycles. The number of carbonyl (C=O) groups excluding carboxylic acids is 1. The fourth-order valence-corrected chi connectivity index (χ4v) is 2.77. The van der Waals surface area contributed by atoms with Gasteiger partial charge in [-0.25, -0.2) is 4.98 Å². The highest BCUT2D eigenvalue weighted by Gasteiger charge is 2.26. The summed E-state index contributed by atoms with van der Waals surface area (Å²) < 4.78 is 0. The Labute approximate surface area is 118 Å². The Balaban J connectivity index is 2.12. The maximum absolute atomic E-state index is 12.5. The predicted molar refractivity (Wildman–Crippen MR) is 77.2 cm³/mol. The molecule has 1 aliphatic carbocycles. The van der Waals surface area contributed by atoms with Crippen molar-refractivity contribution in [3.8, 4) is 0 Å². The Kier molecular flexibility index (Phi) is 4.30. The third-order valence-electron chi connectivity index (χ3n) is 3.99. The van der Waals surface area contributed by atoms with Crippen LogP contribution in [0.15, 0.2) is 12.3 Å². The maximum atomic E-state index is 12.5. The molecule has 0 aliphatic heterocycles. The first kappa shape index (κ1) is 14.1.